The average molecular weight is 334 g/mol. The van der Waals surface area contributed by atoms with E-state index in [9.17, 15) is 0 Å². The van der Waals surface area contributed by atoms with E-state index in [4.69, 9.17) is 0 Å². The zero-order valence-electron chi connectivity index (χ0n) is 8.74. The van der Waals surface area contributed by atoms with Crippen molar-refractivity contribution in [1.29, 1.82) is 0 Å². The van der Waals surface area contributed by atoms with Crippen LogP contribution in [0.2, 0.25) is 0 Å². The topological polar surface area (TPSA) is 24.1 Å². The summed E-state index contributed by atoms with van der Waals surface area (Å²) in [5, 5.41) is 0. The van der Waals surface area contributed by atoms with Crippen LogP contribution in [0.5, 0.6) is 0 Å². The molecule has 0 bridgehead atoms. The number of hydrogen-bond acceptors (Lipinski definition) is 6. The van der Waals surface area contributed by atoms with Crippen LogP contribution in [-0.4, -0.2) is 33.8 Å². The van der Waals surface area contributed by atoms with Crippen molar-refractivity contribution >= 4 is 47.4 Å². The molecule has 2 saturated heterocycles. The third kappa shape index (κ3) is 5.89. The van der Waals surface area contributed by atoms with Gasteiger partial charge in [0.25, 0.3) is 0 Å². The van der Waals surface area contributed by atoms with Gasteiger partial charge in [-0.25, -0.2) is 0 Å². The number of nitrogens with one attached hydrogen (secondary N) is 2. The van der Waals surface area contributed by atoms with Crippen molar-refractivity contribution in [2.45, 2.75) is 22.0 Å². The third-order valence-electron chi connectivity index (χ3n) is 2.07. The zero-order chi connectivity index (χ0) is 9.64. The van der Waals surface area contributed by atoms with Crippen molar-refractivity contribution < 1.29 is 19.5 Å². The maximum absolute atomic E-state index is 3.41. The summed E-state index contributed by atoms with van der Waals surface area (Å²) in [5.41, 5.74) is 0. The molecule has 0 aliphatic carbocycles. The second-order valence-electron chi connectivity index (χ2n) is 3.20. The summed E-state index contributed by atoms with van der Waals surface area (Å²) < 4.78 is 8.47. The molecule has 2 unspecified atom stereocenters. The Labute approximate surface area is 122 Å². The van der Waals surface area contributed by atoms with Gasteiger partial charge in [0.05, 0.1) is 9.16 Å². The van der Waals surface area contributed by atoms with E-state index in [1.165, 1.54) is 24.3 Å². The van der Waals surface area contributed by atoms with Crippen LogP contribution < -0.4 is 9.44 Å². The predicted molar refractivity (Wildman–Crippen MR) is 72.9 cm³/mol. The minimum atomic E-state index is 0. The fourth-order valence-electron chi connectivity index (χ4n) is 1.02. The maximum atomic E-state index is 3.41. The van der Waals surface area contributed by atoms with Gasteiger partial charge in [-0.05, 0) is 24.3 Å². The fourth-order valence-corrected chi connectivity index (χ4v) is 5.03. The van der Waals surface area contributed by atoms with E-state index < -0.39 is 0 Å². The Morgan fingerprint density at radius 2 is 1.33 bits per heavy atom. The summed E-state index contributed by atoms with van der Waals surface area (Å²) >= 11 is 7.92. The molecule has 2 heterocycles. The molecule has 2 N–H and O–H groups in total. The molecular formula is C8H16N2S4Zn. The van der Waals surface area contributed by atoms with Crippen LogP contribution in [0.4, 0.5) is 0 Å². The number of thioether (sulfide) groups is 2. The Morgan fingerprint density at radius 1 is 0.933 bits per heavy atom. The normalized spacial score (nSPS) is 28.8. The first kappa shape index (κ1) is 15.0. The Hall–Kier alpha value is 1.94. The largest absolute Gasteiger partial charge is 0.262 e. The molecule has 84 valence electrons. The van der Waals surface area contributed by atoms with E-state index in [2.05, 4.69) is 33.0 Å². The van der Waals surface area contributed by atoms with Gasteiger partial charge in [0.1, 0.15) is 0 Å². The standard InChI is InChI=1S/C8H16N2S4.Zn/c1-5-11-7(1)13-9-3-4-10-14-8-2-6-12-8;/h7-10H,1-6H2;. The van der Waals surface area contributed by atoms with Gasteiger partial charge in [0.2, 0.25) is 0 Å². The third-order valence-corrected chi connectivity index (χ3v) is 7.36. The molecule has 0 aromatic carbocycles. The molecule has 15 heavy (non-hydrogen) atoms. The van der Waals surface area contributed by atoms with Gasteiger partial charge < -0.3 is 0 Å². The van der Waals surface area contributed by atoms with Crippen LogP contribution in [0, 0.1) is 0 Å². The van der Waals surface area contributed by atoms with E-state index in [-0.39, 0.29) is 19.5 Å². The minimum Gasteiger partial charge on any atom is -0.262 e. The average Bonchev–Trinajstić information content (AvgIpc) is 2.03. The van der Waals surface area contributed by atoms with Gasteiger partial charge in [-0.2, -0.15) is 0 Å². The summed E-state index contributed by atoms with van der Waals surface area (Å²) in [6.07, 6.45) is 2.76. The zero-order valence-corrected chi connectivity index (χ0v) is 15.0. The molecule has 2 fully saturated rings. The molecular weight excluding hydrogens is 318 g/mol. The Bertz CT molecular complexity index is 149. The van der Waals surface area contributed by atoms with Gasteiger partial charge in [0, 0.05) is 32.6 Å². The summed E-state index contributed by atoms with van der Waals surface area (Å²) in [6.45, 7) is 2.15. The van der Waals surface area contributed by atoms with E-state index in [0.717, 1.165) is 22.3 Å². The second kappa shape index (κ2) is 8.95. The quantitative estimate of drug-likeness (QED) is 0.421. The first-order valence-corrected chi connectivity index (χ1v) is 8.81. The molecule has 7 heteroatoms. The molecule has 0 aromatic rings. The van der Waals surface area contributed by atoms with Crippen LogP contribution in [0.25, 0.3) is 0 Å². The molecule has 0 amide bonds. The van der Waals surface area contributed by atoms with Crippen molar-refractivity contribution in [3.8, 4) is 0 Å². The molecule has 0 spiro atoms. The van der Waals surface area contributed by atoms with Crippen molar-refractivity contribution in [3.63, 3.8) is 0 Å². The van der Waals surface area contributed by atoms with E-state index >= 15 is 0 Å². The predicted octanol–water partition coefficient (Wildman–Crippen LogP) is 2.39. The van der Waals surface area contributed by atoms with Crippen molar-refractivity contribution in [2.75, 3.05) is 24.6 Å². The molecule has 2 nitrogen and oxygen atoms in total. The van der Waals surface area contributed by atoms with Crippen molar-refractivity contribution in [1.82, 2.24) is 9.44 Å². The fraction of sp³-hybridized carbons (Fsp3) is 1.00. The van der Waals surface area contributed by atoms with Gasteiger partial charge in [-0.15, -0.1) is 23.5 Å². The van der Waals surface area contributed by atoms with E-state index in [1.807, 2.05) is 23.9 Å². The van der Waals surface area contributed by atoms with Gasteiger partial charge >= 0.3 is 0 Å². The van der Waals surface area contributed by atoms with E-state index in [1.54, 1.807) is 0 Å². The molecule has 0 aromatic heterocycles. The molecule has 0 radical (unpaired) electrons. The molecule has 2 atom stereocenters. The van der Waals surface area contributed by atoms with Crippen LogP contribution >= 0.6 is 47.4 Å². The SMILES string of the molecule is C(CNSC1CCS1)NSC1CCS1.[Zn]. The van der Waals surface area contributed by atoms with Crippen LogP contribution in [0.3, 0.4) is 0 Å². The Morgan fingerprint density at radius 3 is 1.60 bits per heavy atom. The Kier molecular flexibility index (Phi) is 8.95. The number of rotatable bonds is 7. The summed E-state index contributed by atoms with van der Waals surface area (Å²) in [4.78, 5) is 0. The molecule has 2 aliphatic rings. The Balaban J connectivity index is 0.00000112. The van der Waals surface area contributed by atoms with Gasteiger partial charge in [-0.3, -0.25) is 9.44 Å². The van der Waals surface area contributed by atoms with Crippen LogP contribution in [0.1, 0.15) is 12.8 Å². The summed E-state index contributed by atoms with van der Waals surface area (Å²) in [5.74, 6) is 2.71. The first-order valence-electron chi connectivity index (χ1n) is 4.95. The van der Waals surface area contributed by atoms with Crippen LogP contribution in [0.15, 0.2) is 0 Å². The van der Waals surface area contributed by atoms with Crippen LogP contribution in [-0.2, 0) is 19.5 Å². The molecule has 0 saturated carbocycles. The van der Waals surface area contributed by atoms with Crippen molar-refractivity contribution in [2.24, 2.45) is 0 Å². The second-order valence-corrected chi connectivity index (χ2v) is 8.61. The summed E-state index contributed by atoms with van der Waals surface area (Å²) in [7, 11) is 0. The minimum absolute atomic E-state index is 0. The maximum Gasteiger partial charge on any atom is 0.0655 e. The van der Waals surface area contributed by atoms with Gasteiger partial charge in [-0.1, -0.05) is 23.9 Å². The number of hydrogen-bond donors (Lipinski definition) is 2. The molecule has 2 aliphatic heterocycles. The summed E-state index contributed by atoms with van der Waals surface area (Å²) in [6, 6.07) is 0. The monoisotopic (exact) mass is 332 g/mol. The smallest absolute Gasteiger partial charge is 0.0655 e. The van der Waals surface area contributed by atoms with Crippen molar-refractivity contribution in [3.05, 3.63) is 0 Å². The van der Waals surface area contributed by atoms with Gasteiger partial charge in [0.15, 0.2) is 0 Å². The van der Waals surface area contributed by atoms with E-state index in [0.29, 0.717) is 0 Å². The first-order chi connectivity index (χ1) is 6.95. The molecule has 2 rings (SSSR count).